The maximum Gasteiger partial charge on any atom is 0.220 e. The summed E-state index contributed by atoms with van der Waals surface area (Å²) in [6.07, 6.45) is 5.36. The van der Waals surface area contributed by atoms with Crippen LogP contribution in [0.1, 0.15) is 45.4 Å². The minimum absolute atomic E-state index is 0.0163. The molecule has 0 unspecified atom stereocenters. The van der Waals surface area contributed by atoms with Gasteiger partial charge >= 0.3 is 0 Å². The second kappa shape index (κ2) is 7.74. The van der Waals surface area contributed by atoms with Gasteiger partial charge in [-0.05, 0) is 19.3 Å². The van der Waals surface area contributed by atoms with E-state index < -0.39 is 10.0 Å². The van der Waals surface area contributed by atoms with Gasteiger partial charge in [0.2, 0.25) is 15.9 Å². The Balaban J connectivity index is 2.36. The van der Waals surface area contributed by atoms with Crippen molar-refractivity contribution in [2.75, 3.05) is 25.4 Å². The number of amides is 1. The number of hydrogen-bond donors (Lipinski definition) is 1. The number of rotatable bonds is 6. The van der Waals surface area contributed by atoms with Crippen molar-refractivity contribution in [3.05, 3.63) is 0 Å². The lowest BCUT2D eigenvalue weighted by Crippen LogP contribution is -2.38. The minimum atomic E-state index is -3.20. The van der Waals surface area contributed by atoms with Gasteiger partial charge in [-0.2, -0.15) is 0 Å². The first-order valence-corrected chi connectivity index (χ1v) is 8.41. The Bertz CT molecular complexity index is 346. The van der Waals surface area contributed by atoms with E-state index in [2.05, 4.69) is 5.32 Å². The van der Waals surface area contributed by atoms with E-state index in [-0.39, 0.29) is 18.2 Å². The summed E-state index contributed by atoms with van der Waals surface area (Å²) >= 11 is 0. The average molecular weight is 276 g/mol. The zero-order valence-electron chi connectivity index (χ0n) is 11.2. The molecule has 0 spiro atoms. The molecule has 1 amide bonds. The third-order valence-electron chi connectivity index (χ3n) is 3.12. The van der Waals surface area contributed by atoms with E-state index in [1.807, 2.05) is 6.92 Å². The summed E-state index contributed by atoms with van der Waals surface area (Å²) in [5, 5.41) is 2.65. The van der Waals surface area contributed by atoms with Crippen LogP contribution in [0.4, 0.5) is 0 Å². The molecule has 1 saturated heterocycles. The molecule has 106 valence electrons. The van der Waals surface area contributed by atoms with Crippen molar-refractivity contribution in [2.24, 2.45) is 0 Å². The third kappa shape index (κ3) is 5.35. The van der Waals surface area contributed by atoms with E-state index in [0.717, 1.165) is 32.1 Å². The SMILES string of the molecule is CCCC(=O)NCCS(=O)(=O)N1CCCCCC1. The zero-order chi connectivity index (χ0) is 13.4. The Morgan fingerprint density at radius 3 is 2.33 bits per heavy atom. The van der Waals surface area contributed by atoms with Gasteiger partial charge in [0.1, 0.15) is 0 Å². The first-order valence-electron chi connectivity index (χ1n) is 6.81. The van der Waals surface area contributed by atoms with E-state index in [4.69, 9.17) is 0 Å². The maximum absolute atomic E-state index is 12.1. The largest absolute Gasteiger partial charge is 0.355 e. The Morgan fingerprint density at radius 1 is 1.17 bits per heavy atom. The lowest BCUT2D eigenvalue weighted by Gasteiger charge is -2.19. The van der Waals surface area contributed by atoms with Crippen LogP contribution in [0.2, 0.25) is 0 Å². The molecule has 0 aromatic carbocycles. The van der Waals surface area contributed by atoms with Crippen LogP contribution in [0, 0.1) is 0 Å². The van der Waals surface area contributed by atoms with E-state index >= 15 is 0 Å². The first kappa shape index (κ1) is 15.4. The predicted molar refractivity (Wildman–Crippen MR) is 71.7 cm³/mol. The summed E-state index contributed by atoms with van der Waals surface area (Å²) in [6.45, 7) is 3.40. The van der Waals surface area contributed by atoms with E-state index in [0.29, 0.717) is 19.5 Å². The van der Waals surface area contributed by atoms with Crippen molar-refractivity contribution in [3.63, 3.8) is 0 Å². The molecule has 1 fully saturated rings. The highest BCUT2D eigenvalue weighted by molar-refractivity contribution is 7.89. The fourth-order valence-corrected chi connectivity index (χ4v) is 3.52. The van der Waals surface area contributed by atoms with Gasteiger partial charge in [-0.15, -0.1) is 0 Å². The van der Waals surface area contributed by atoms with Crippen LogP contribution < -0.4 is 5.32 Å². The van der Waals surface area contributed by atoms with E-state index in [1.54, 1.807) is 4.31 Å². The van der Waals surface area contributed by atoms with Gasteiger partial charge in [0.05, 0.1) is 5.75 Å². The molecular weight excluding hydrogens is 252 g/mol. The molecule has 0 aromatic heterocycles. The van der Waals surface area contributed by atoms with E-state index in [1.165, 1.54) is 0 Å². The Kier molecular flexibility index (Phi) is 6.63. The molecule has 1 N–H and O–H groups in total. The Morgan fingerprint density at radius 2 is 1.78 bits per heavy atom. The summed E-state index contributed by atoms with van der Waals surface area (Å²) in [6, 6.07) is 0. The van der Waals surface area contributed by atoms with Crippen LogP contribution >= 0.6 is 0 Å². The molecule has 0 bridgehead atoms. The van der Waals surface area contributed by atoms with Gasteiger partial charge < -0.3 is 5.32 Å². The Hall–Kier alpha value is -0.620. The van der Waals surface area contributed by atoms with Gasteiger partial charge in [-0.25, -0.2) is 12.7 Å². The average Bonchev–Trinajstić information content (AvgIpc) is 2.58. The lowest BCUT2D eigenvalue weighted by molar-refractivity contribution is -0.120. The highest BCUT2D eigenvalue weighted by Crippen LogP contribution is 2.13. The number of carbonyl (C=O) groups excluding carboxylic acids is 1. The molecule has 1 aliphatic rings. The standard InChI is InChI=1S/C12H24N2O3S/c1-2-7-12(15)13-8-11-18(16,17)14-9-5-3-4-6-10-14/h2-11H2,1H3,(H,13,15). The lowest BCUT2D eigenvalue weighted by atomic mass is 10.2. The fourth-order valence-electron chi connectivity index (χ4n) is 2.08. The van der Waals surface area contributed by atoms with Gasteiger partial charge in [0.25, 0.3) is 0 Å². The molecule has 1 rings (SSSR count). The summed E-state index contributed by atoms with van der Waals surface area (Å²) in [4.78, 5) is 11.2. The summed E-state index contributed by atoms with van der Waals surface area (Å²) in [5.41, 5.74) is 0. The fraction of sp³-hybridized carbons (Fsp3) is 0.917. The van der Waals surface area contributed by atoms with Gasteiger partial charge in [0.15, 0.2) is 0 Å². The predicted octanol–water partition coefficient (Wildman–Crippen LogP) is 1.11. The molecule has 6 heteroatoms. The number of hydrogen-bond acceptors (Lipinski definition) is 3. The smallest absolute Gasteiger partial charge is 0.220 e. The maximum atomic E-state index is 12.1. The van der Waals surface area contributed by atoms with Crippen molar-refractivity contribution in [1.82, 2.24) is 9.62 Å². The summed E-state index contributed by atoms with van der Waals surface area (Å²) in [7, 11) is -3.20. The quantitative estimate of drug-likeness (QED) is 0.790. The molecule has 0 saturated carbocycles. The van der Waals surface area contributed by atoms with Gasteiger partial charge in [-0.1, -0.05) is 19.8 Å². The molecule has 18 heavy (non-hydrogen) atoms. The van der Waals surface area contributed by atoms with Gasteiger partial charge in [-0.3, -0.25) is 4.79 Å². The first-order chi connectivity index (χ1) is 8.56. The van der Waals surface area contributed by atoms with Crippen molar-refractivity contribution in [1.29, 1.82) is 0 Å². The zero-order valence-corrected chi connectivity index (χ0v) is 12.0. The highest BCUT2D eigenvalue weighted by atomic mass is 32.2. The highest BCUT2D eigenvalue weighted by Gasteiger charge is 2.22. The topological polar surface area (TPSA) is 66.5 Å². The number of nitrogens with one attached hydrogen (secondary N) is 1. The van der Waals surface area contributed by atoms with Crippen LogP contribution in [0.5, 0.6) is 0 Å². The monoisotopic (exact) mass is 276 g/mol. The molecule has 0 atom stereocenters. The second-order valence-corrected chi connectivity index (χ2v) is 6.82. The van der Waals surface area contributed by atoms with Crippen molar-refractivity contribution < 1.29 is 13.2 Å². The molecular formula is C12H24N2O3S. The van der Waals surface area contributed by atoms with Crippen LogP contribution in [-0.4, -0.2) is 44.0 Å². The van der Waals surface area contributed by atoms with Crippen LogP contribution in [0.3, 0.4) is 0 Å². The molecule has 0 aromatic rings. The van der Waals surface area contributed by atoms with Crippen LogP contribution in [-0.2, 0) is 14.8 Å². The molecule has 0 aliphatic carbocycles. The number of carbonyl (C=O) groups is 1. The number of sulfonamides is 1. The summed E-state index contributed by atoms with van der Waals surface area (Å²) < 4.78 is 25.7. The van der Waals surface area contributed by atoms with Crippen molar-refractivity contribution in [3.8, 4) is 0 Å². The van der Waals surface area contributed by atoms with Gasteiger partial charge in [0, 0.05) is 26.1 Å². The van der Waals surface area contributed by atoms with Crippen molar-refractivity contribution >= 4 is 15.9 Å². The molecule has 0 radical (unpaired) electrons. The van der Waals surface area contributed by atoms with E-state index in [9.17, 15) is 13.2 Å². The number of nitrogens with zero attached hydrogens (tertiary/aromatic N) is 1. The molecule has 1 heterocycles. The minimum Gasteiger partial charge on any atom is -0.355 e. The van der Waals surface area contributed by atoms with Crippen LogP contribution in [0.15, 0.2) is 0 Å². The molecule has 1 aliphatic heterocycles. The third-order valence-corrected chi connectivity index (χ3v) is 4.99. The molecule has 5 nitrogen and oxygen atoms in total. The van der Waals surface area contributed by atoms with Crippen LogP contribution in [0.25, 0.3) is 0 Å². The summed E-state index contributed by atoms with van der Waals surface area (Å²) in [5.74, 6) is -0.0498. The Labute approximate surface area is 110 Å². The second-order valence-electron chi connectivity index (χ2n) is 4.73. The normalized spacial score (nSPS) is 18.3. The van der Waals surface area contributed by atoms with Crippen molar-refractivity contribution in [2.45, 2.75) is 45.4 Å².